The van der Waals surface area contributed by atoms with E-state index in [2.05, 4.69) is 56.9 Å². The van der Waals surface area contributed by atoms with Crippen molar-refractivity contribution in [3.63, 3.8) is 0 Å². The lowest BCUT2D eigenvalue weighted by atomic mass is 10.1. The number of aryl methyl sites for hydroxylation is 2. The summed E-state index contributed by atoms with van der Waals surface area (Å²) in [4.78, 5) is 8.71. The summed E-state index contributed by atoms with van der Waals surface area (Å²) >= 11 is 0. The zero-order valence-electron chi connectivity index (χ0n) is 13.7. The van der Waals surface area contributed by atoms with Gasteiger partial charge >= 0.3 is 0 Å². The Morgan fingerprint density at radius 2 is 2.00 bits per heavy atom. The van der Waals surface area contributed by atoms with E-state index in [-0.39, 0.29) is 24.0 Å². The Balaban J connectivity index is 0.00000264. The predicted molar refractivity (Wildman–Crippen MR) is 104 cm³/mol. The summed E-state index contributed by atoms with van der Waals surface area (Å²) in [6.07, 6.45) is 3.68. The molecule has 0 aliphatic carbocycles. The minimum Gasteiger partial charge on any atom is -0.357 e. The molecule has 1 heterocycles. The van der Waals surface area contributed by atoms with Gasteiger partial charge in [0, 0.05) is 20.1 Å². The number of rotatable bonds is 7. The fourth-order valence-electron chi connectivity index (χ4n) is 2.10. The van der Waals surface area contributed by atoms with Crippen molar-refractivity contribution in [1.29, 1.82) is 0 Å². The summed E-state index contributed by atoms with van der Waals surface area (Å²) in [5.41, 5.74) is 1.37. The highest BCUT2D eigenvalue weighted by molar-refractivity contribution is 14.0. The van der Waals surface area contributed by atoms with Crippen LogP contribution in [0, 0.1) is 0 Å². The molecule has 0 aliphatic heterocycles. The van der Waals surface area contributed by atoms with Crippen molar-refractivity contribution < 1.29 is 0 Å². The predicted octanol–water partition coefficient (Wildman–Crippen LogP) is 2.12. The molecule has 0 unspecified atom stereocenters. The number of nitrogens with one attached hydrogen (secondary N) is 2. The number of aliphatic imine (C=N–C) groups is 1. The topological polar surface area (TPSA) is 67.1 Å². The highest BCUT2D eigenvalue weighted by Gasteiger charge is 2.01. The molecular formula is C16H25IN6. The van der Waals surface area contributed by atoms with Crippen LogP contribution in [0.15, 0.2) is 41.7 Å². The number of aromatic nitrogens is 3. The summed E-state index contributed by atoms with van der Waals surface area (Å²) in [7, 11) is 1.87. The molecule has 1 aromatic heterocycles. The number of hydrogen-bond donors (Lipinski definition) is 2. The summed E-state index contributed by atoms with van der Waals surface area (Å²) < 4.78 is 1.74. The van der Waals surface area contributed by atoms with E-state index in [1.807, 2.05) is 13.1 Å². The fraction of sp³-hybridized carbons (Fsp3) is 0.438. The van der Waals surface area contributed by atoms with Crippen molar-refractivity contribution >= 4 is 29.9 Å². The molecule has 0 amide bonds. The Bertz CT molecular complexity index is 581. The lowest BCUT2D eigenvalue weighted by Crippen LogP contribution is -2.38. The molecule has 0 aliphatic rings. The van der Waals surface area contributed by atoms with Gasteiger partial charge in [0.05, 0.1) is 0 Å². The van der Waals surface area contributed by atoms with Crippen LogP contribution in [0.3, 0.4) is 0 Å². The maximum Gasteiger partial charge on any atom is 0.191 e. The lowest BCUT2D eigenvalue weighted by molar-refractivity contribution is 0.694. The first-order valence-corrected chi connectivity index (χ1v) is 7.68. The van der Waals surface area contributed by atoms with Gasteiger partial charge in [0.25, 0.3) is 0 Å². The second-order valence-electron chi connectivity index (χ2n) is 5.01. The van der Waals surface area contributed by atoms with Crippen LogP contribution in [-0.4, -0.2) is 33.8 Å². The third-order valence-corrected chi connectivity index (χ3v) is 3.31. The summed E-state index contributed by atoms with van der Waals surface area (Å²) in [6.45, 7) is 4.30. The Morgan fingerprint density at radius 3 is 2.65 bits per heavy atom. The molecule has 23 heavy (non-hydrogen) atoms. The van der Waals surface area contributed by atoms with Gasteiger partial charge in [0.1, 0.15) is 18.7 Å². The first kappa shape index (κ1) is 19.4. The summed E-state index contributed by atoms with van der Waals surface area (Å²) in [5, 5.41) is 10.6. The van der Waals surface area contributed by atoms with Crippen LogP contribution in [-0.2, 0) is 20.0 Å². The average Bonchev–Trinajstić information content (AvgIpc) is 2.95. The van der Waals surface area contributed by atoms with E-state index in [1.165, 1.54) is 5.56 Å². The van der Waals surface area contributed by atoms with Crippen molar-refractivity contribution in [3.05, 3.63) is 48.0 Å². The van der Waals surface area contributed by atoms with E-state index in [0.717, 1.165) is 37.7 Å². The Kier molecular flexibility index (Phi) is 9.27. The maximum absolute atomic E-state index is 4.53. The molecule has 7 heteroatoms. The number of nitrogens with zero attached hydrogens (tertiary/aromatic N) is 4. The largest absolute Gasteiger partial charge is 0.357 e. The first-order chi connectivity index (χ1) is 10.8. The molecule has 0 radical (unpaired) electrons. The molecule has 0 fully saturated rings. The van der Waals surface area contributed by atoms with Crippen LogP contribution in [0.1, 0.15) is 24.7 Å². The minimum atomic E-state index is 0. The van der Waals surface area contributed by atoms with Crippen LogP contribution in [0.25, 0.3) is 0 Å². The van der Waals surface area contributed by atoms with Crippen molar-refractivity contribution in [2.75, 3.05) is 13.1 Å². The number of guanidine groups is 1. The molecule has 2 rings (SSSR count). The maximum atomic E-state index is 4.53. The standard InChI is InChI=1S/C16H24N6.HI/c1-3-17-16(19-12-15-20-13-21-22(15)2)18-11-7-10-14-8-5-4-6-9-14;/h4-6,8-9,13H,3,7,10-12H2,1-2H3,(H2,17,18,19);1H. The Hall–Kier alpha value is -1.64. The zero-order valence-corrected chi connectivity index (χ0v) is 16.0. The fourth-order valence-corrected chi connectivity index (χ4v) is 2.10. The SMILES string of the molecule is CCNC(=NCc1ncnn1C)NCCCc1ccccc1.I. The van der Waals surface area contributed by atoms with Gasteiger partial charge in [0.2, 0.25) is 0 Å². The van der Waals surface area contributed by atoms with Gasteiger partial charge in [-0.15, -0.1) is 24.0 Å². The highest BCUT2D eigenvalue weighted by Crippen LogP contribution is 2.01. The van der Waals surface area contributed by atoms with Crippen LogP contribution in [0.5, 0.6) is 0 Å². The first-order valence-electron chi connectivity index (χ1n) is 7.68. The van der Waals surface area contributed by atoms with Crippen molar-refractivity contribution in [3.8, 4) is 0 Å². The monoisotopic (exact) mass is 428 g/mol. The van der Waals surface area contributed by atoms with Crippen LogP contribution in [0.4, 0.5) is 0 Å². The molecule has 0 saturated heterocycles. The summed E-state index contributed by atoms with van der Waals surface area (Å²) in [6, 6.07) is 10.5. The van der Waals surface area contributed by atoms with Gasteiger partial charge in [-0.3, -0.25) is 4.68 Å². The molecule has 126 valence electrons. The number of hydrogen-bond acceptors (Lipinski definition) is 3. The van der Waals surface area contributed by atoms with E-state index in [0.29, 0.717) is 6.54 Å². The molecule has 0 spiro atoms. The van der Waals surface area contributed by atoms with E-state index < -0.39 is 0 Å². The van der Waals surface area contributed by atoms with Gasteiger partial charge in [-0.25, -0.2) is 9.98 Å². The normalized spacial score (nSPS) is 11.0. The van der Waals surface area contributed by atoms with Gasteiger partial charge in [-0.05, 0) is 25.3 Å². The van der Waals surface area contributed by atoms with Gasteiger partial charge in [-0.1, -0.05) is 30.3 Å². The Labute approximate surface area is 154 Å². The molecular weight excluding hydrogens is 403 g/mol. The van der Waals surface area contributed by atoms with Crippen LogP contribution < -0.4 is 10.6 Å². The number of halogens is 1. The van der Waals surface area contributed by atoms with Gasteiger partial charge in [-0.2, -0.15) is 5.10 Å². The van der Waals surface area contributed by atoms with E-state index in [1.54, 1.807) is 11.0 Å². The molecule has 2 aromatic rings. The molecule has 0 atom stereocenters. The average molecular weight is 428 g/mol. The van der Waals surface area contributed by atoms with Crippen LogP contribution in [0.2, 0.25) is 0 Å². The quantitative estimate of drug-likeness (QED) is 0.307. The third-order valence-electron chi connectivity index (χ3n) is 3.31. The lowest BCUT2D eigenvalue weighted by Gasteiger charge is -2.11. The molecule has 1 aromatic carbocycles. The van der Waals surface area contributed by atoms with E-state index in [9.17, 15) is 0 Å². The summed E-state index contributed by atoms with van der Waals surface area (Å²) in [5.74, 6) is 1.67. The van der Waals surface area contributed by atoms with E-state index >= 15 is 0 Å². The smallest absolute Gasteiger partial charge is 0.191 e. The van der Waals surface area contributed by atoms with E-state index in [4.69, 9.17) is 0 Å². The minimum absolute atomic E-state index is 0. The molecule has 0 saturated carbocycles. The van der Waals surface area contributed by atoms with Crippen molar-refractivity contribution in [2.24, 2.45) is 12.0 Å². The number of benzene rings is 1. The van der Waals surface area contributed by atoms with Crippen LogP contribution >= 0.6 is 24.0 Å². The third kappa shape index (κ3) is 6.98. The zero-order chi connectivity index (χ0) is 15.6. The van der Waals surface area contributed by atoms with Crippen molar-refractivity contribution in [1.82, 2.24) is 25.4 Å². The van der Waals surface area contributed by atoms with Crippen molar-refractivity contribution in [2.45, 2.75) is 26.3 Å². The molecule has 0 bridgehead atoms. The second-order valence-corrected chi connectivity index (χ2v) is 5.01. The molecule has 6 nitrogen and oxygen atoms in total. The van der Waals surface area contributed by atoms with Gasteiger partial charge in [0.15, 0.2) is 5.96 Å². The highest BCUT2D eigenvalue weighted by atomic mass is 127. The Morgan fingerprint density at radius 1 is 1.22 bits per heavy atom. The molecule has 2 N–H and O–H groups in total. The van der Waals surface area contributed by atoms with Gasteiger partial charge < -0.3 is 10.6 Å². The second kappa shape index (κ2) is 11.0.